The average molecular weight is 556 g/mol. The molecule has 41 heavy (non-hydrogen) atoms. The van der Waals surface area contributed by atoms with Crippen LogP contribution in [-0.4, -0.2) is 60.1 Å². The van der Waals surface area contributed by atoms with Crippen LogP contribution >= 0.6 is 0 Å². The fraction of sp³-hybridized carbons (Fsp3) is 0.312. The Balaban J connectivity index is 1.74. The van der Waals surface area contributed by atoms with Crippen molar-refractivity contribution in [3.05, 3.63) is 106 Å². The van der Waals surface area contributed by atoms with Gasteiger partial charge in [-0.05, 0) is 55.2 Å². The van der Waals surface area contributed by atoms with Crippen molar-refractivity contribution in [2.75, 3.05) is 14.2 Å². The summed E-state index contributed by atoms with van der Waals surface area (Å²) in [6, 6.07) is 18.1. The smallest absolute Gasteiger partial charge is 0.331 e. The maximum absolute atomic E-state index is 14.3. The summed E-state index contributed by atoms with van der Waals surface area (Å²) < 4.78 is 10.4. The largest absolute Gasteiger partial charge is 0.469 e. The minimum absolute atomic E-state index is 0.396. The third kappa shape index (κ3) is 4.76. The Bertz CT molecular complexity index is 1470. The van der Waals surface area contributed by atoms with Gasteiger partial charge in [-0.15, -0.1) is 0 Å². The second-order valence-corrected chi connectivity index (χ2v) is 10.5. The third-order valence-electron chi connectivity index (χ3n) is 7.98. The molecule has 0 spiro atoms. The van der Waals surface area contributed by atoms with Crippen LogP contribution in [0.4, 0.5) is 0 Å². The zero-order valence-electron chi connectivity index (χ0n) is 23.7. The maximum atomic E-state index is 14.3. The molecule has 2 fully saturated rings. The highest BCUT2D eigenvalue weighted by Gasteiger charge is 2.66. The molecule has 2 saturated heterocycles. The van der Waals surface area contributed by atoms with Gasteiger partial charge in [0, 0.05) is 5.56 Å². The molecule has 3 aromatic rings. The Labute approximate surface area is 239 Å². The minimum Gasteiger partial charge on any atom is -0.469 e. The molecule has 3 aromatic carbocycles. The molecule has 0 saturated carbocycles. The van der Waals surface area contributed by atoms with E-state index in [0.29, 0.717) is 5.56 Å². The fourth-order valence-electron chi connectivity index (χ4n) is 6.44. The Morgan fingerprint density at radius 1 is 0.780 bits per heavy atom. The van der Waals surface area contributed by atoms with Crippen LogP contribution in [0.3, 0.4) is 0 Å². The highest BCUT2D eigenvalue weighted by Crippen LogP contribution is 2.53. The lowest BCUT2D eigenvalue weighted by Gasteiger charge is -2.34. The molecular weight excluding hydrogens is 522 g/mol. The molecule has 5 atom stereocenters. The summed E-state index contributed by atoms with van der Waals surface area (Å²) in [5.41, 5.74) is 4.80. The van der Waals surface area contributed by atoms with Crippen molar-refractivity contribution in [2.45, 2.75) is 44.9 Å². The number of esters is 2. The van der Waals surface area contributed by atoms with E-state index in [1.54, 1.807) is 35.3 Å². The van der Waals surface area contributed by atoms with Crippen molar-refractivity contribution in [1.29, 1.82) is 0 Å². The molecule has 2 aliphatic rings. The average Bonchev–Trinajstić information content (AvgIpc) is 3.44. The van der Waals surface area contributed by atoms with Gasteiger partial charge in [-0.3, -0.25) is 19.4 Å². The van der Waals surface area contributed by atoms with Crippen molar-refractivity contribution in [3.63, 3.8) is 0 Å². The number of carbonyl (C=O) groups is 4. The zero-order valence-corrected chi connectivity index (χ0v) is 23.7. The van der Waals surface area contributed by atoms with E-state index in [0.717, 1.165) is 27.8 Å². The second kappa shape index (κ2) is 11.2. The molecule has 0 aromatic heterocycles. The number of methoxy groups -OCH3 is 2. The summed E-state index contributed by atoms with van der Waals surface area (Å²) in [7, 11) is 2.49. The third-order valence-corrected chi connectivity index (χ3v) is 7.98. The number of amides is 2. The SMILES string of the molecule is COC(=O)[C@@H]1[C@H](C(=O)OC)N2C(=O)[C@@H](NC(=O)c3ccccc3)[C@H](c3ccccc3)N2[C@H]1c1c(C)cc(C)cc1C. The van der Waals surface area contributed by atoms with Crippen LogP contribution in [-0.2, 0) is 23.9 Å². The first-order valence-electron chi connectivity index (χ1n) is 13.4. The van der Waals surface area contributed by atoms with Gasteiger partial charge < -0.3 is 14.8 Å². The number of aryl methyl sites for hydroxylation is 3. The Morgan fingerprint density at radius 3 is 1.90 bits per heavy atom. The van der Waals surface area contributed by atoms with Crippen LogP contribution in [0, 0.1) is 26.7 Å². The minimum atomic E-state index is -1.30. The van der Waals surface area contributed by atoms with Crippen molar-refractivity contribution >= 4 is 23.8 Å². The lowest BCUT2D eigenvalue weighted by Crippen LogP contribution is -2.50. The van der Waals surface area contributed by atoms with Gasteiger partial charge in [-0.25, -0.2) is 4.79 Å². The molecule has 1 N–H and O–H groups in total. The standard InChI is InChI=1S/C32H33N3O6/c1-18-16-19(2)23(20(3)17-18)27-24(31(38)40-4)28(32(39)41-5)35-30(37)25(33-29(36)22-14-10-7-11-15-22)26(34(27)35)21-12-8-6-9-13-21/h6-17,24-28H,1-5H3,(H,33,36)/t24-,25-,26-,27-,28+/m0/s1. The van der Waals surface area contributed by atoms with Gasteiger partial charge in [0.25, 0.3) is 11.8 Å². The van der Waals surface area contributed by atoms with Gasteiger partial charge in [-0.1, -0.05) is 66.2 Å². The van der Waals surface area contributed by atoms with E-state index in [1.165, 1.54) is 19.2 Å². The van der Waals surface area contributed by atoms with E-state index >= 15 is 0 Å². The number of ether oxygens (including phenoxy) is 2. The number of carbonyl (C=O) groups excluding carboxylic acids is 4. The van der Waals surface area contributed by atoms with Crippen LogP contribution in [0.1, 0.15) is 50.3 Å². The number of hydrazine groups is 1. The predicted molar refractivity (Wildman–Crippen MR) is 150 cm³/mol. The zero-order chi connectivity index (χ0) is 29.4. The van der Waals surface area contributed by atoms with Crippen molar-refractivity contribution in [2.24, 2.45) is 5.92 Å². The van der Waals surface area contributed by atoms with E-state index in [2.05, 4.69) is 5.32 Å². The topological polar surface area (TPSA) is 105 Å². The van der Waals surface area contributed by atoms with E-state index in [-0.39, 0.29) is 0 Å². The monoisotopic (exact) mass is 555 g/mol. The number of nitrogens with one attached hydrogen (secondary N) is 1. The van der Waals surface area contributed by atoms with E-state index in [4.69, 9.17) is 9.47 Å². The summed E-state index contributed by atoms with van der Waals surface area (Å²) >= 11 is 0. The van der Waals surface area contributed by atoms with Gasteiger partial charge in [-0.2, -0.15) is 5.01 Å². The fourth-order valence-corrected chi connectivity index (χ4v) is 6.44. The molecule has 2 aliphatic heterocycles. The normalized spacial score (nSPS) is 23.7. The number of hydrogen-bond acceptors (Lipinski definition) is 7. The Morgan fingerprint density at radius 2 is 1.34 bits per heavy atom. The van der Waals surface area contributed by atoms with Gasteiger partial charge in [0.2, 0.25) is 0 Å². The number of nitrogens with zero attached hydrogens (tertiary/aromatic N) is 2. The van der Waals surface area contributed by atoms with E-state index in [9.17, 15) is 19.2 Å². The Kier molecular flexibility index (Phi) is 7.64. The van der Waals surface area contributed by atoms with Gasteiger partial charge in [0.05, 0.1) is 26.3 Å². The van der Waals surface area contributed by atoms with Crippen LogP contribution < -0.4 is 5.32 Å². The van der Waals surface area contributed by atoms with Crippen LogP contribution in [0.2, 0.25) is 0 Å². The lowest BCUT2D eigenvalue weighted by molar-refractivity contribution is -0.161. The van der Waals surface area contributed by atoms with Crippen LogP contribution in [0.5, 0.6) is 0 Å². The number of fused-ring (bicyclic) bond motifs is 1. The maximum Gasteiger partial charge on any atom is 0.331 e. The van der Waals surface area contributed by atoms with Gasteiger partial charge >= 0.3 is 11.9 Å². The predicted octanol–water partition coefficient (Wildman–Crippen LogP) is 3.60. The molecule has 2 amide bonds. The molecule has 2 heterocycles. The van der Waals surface area contributed by atoms with E-state index < -0.39 is 53.8 Å². The molecule has 0 unspecified atom stereocenters. The lowest BCUT2D eigenvalue weighted by atomic mass is 9.82. The molecular formula is C32H33N3O6. The van der Waals surface area contributed by atoms with Crippen LogP contribution in [0.15, 0.2) is 72.8 Å². The molecule has 9 heteroatoms. The first-order chi connectivity index (χ1) is 19.7. The second-order valence-electron chi connectivity index (χ2n) is 10.5. The van der Waals surface area contributed by atoms with E-state index in [1.807, 2.05) is 63.2 Å². The van der Waals surface area contributed by atoms with Crippen molar-refractivity contribution in [1.82, 2.24) is 15.3 Å². The first kappa shape index (κ1) is 28.0. The Hall–Kier alpha value is -4.50. The quantitative estimate of drug-likeness (QED) is 0.464. The molecule has 0 radical (unpaired) electrons. The van der Waals surface area contributed by atoms with Gasteiger partial charge in [0.15, 0.2) is 6.04 Å². The molecule has 0 aliphatic carbocycles. The summed E-state index contributed by atoms with van der Waals surface area (Å²) in [5.74, 6) is -3.40. The summed E-state index contributed by atoms with van der Waals surface area (Å²) in [4.78, 5) is 54.6. The molecule has 212 valence electrons. The number of hydrogen-bond donors (Lipinski definition) is 1. The highest BCUT2D eigenvalue weighted by molar-refractivity contribution is 6.00. The molecule has 5 rings (SSSR count). The summed E-state index contributed by atoms with van der Waals surface area (Å²) in [6.07, 6.45) is 0. The van der Waals surface area contributed by atoms with Gasteiger partial charge in [0.1, 0.15) is 12.0 Å². The summed E-state index contributed by atoms with van der Waals surface area (Å²) in [5, 5.41) is 6.02. The van der Waals surface area contributed by atoms with Crippen molar-refractivity contribution < 1.29 is 28.7 Å². The van der Waals surface area contributed by atoms with Crippen molar-refractivity contribution in [3.8, 4) is 0 Å². The summed E-state index contributed by atoms with van der Waals surface area (Å²) in [6.45, 7) is 5.88. The molecule has 0 bridgehead atoms. The highest BCUT2D eigenvalue weighted by atomic mass is 16.5. The van der Waals surface area contributed by atoms with Crippen LogP contribution in [0.25, 0.3) is 0 Å². The number of rotatable bonds is 6. The first-order valence-corrected chi connectivity index (χ1v) is 13.4. The molecule has 9 nitrogen and oxygen atoms in total. The number of benzene rings is 3.